The number of hydrogen-bond acceptors (Lipinski definition) is 4. The van der Waals surface area contributed by atoms with E-state index in [0.717, 1.165) is 6.07 Å². The van der Waals surface area contributed by atoms with Gasteiger partial charge < -0.3 is 4.52 Å². The van der Waals surface area contributed by atoms with Gasteiger partial charge in [0.1, 0.15) is 28.5 Å². The normalized spacial score (nSPS) is 13.4. The molecule has 0 aliphatic rings. The monoisotopic (exact) mass is 302 g/mol. The maximum absolute atomic E-state index is 13.6. The maximum atomic E-state index is 13.6. The highest BCUT2D eigenvalue weighted by Crippen LogP contribution is 2.21. The van der Waals surface area contributed by atoms with Crippen molar-refractivity contribution in [3.8, 4) is 0 Å². The number of aryl methyl sites for hydroxylation is 1. The van der Waals surface area contributed by atoms with Gasteiger partial charge >= 0.3 is 0 Å². The van der Waals surface area contributed by atoms with Crippen molar-refractivity contribution in [1.82, 2.24) is 9.88 Å². The molecule has 1 aromatic heterocycles. The van der Waals surface area contributed by atoms with Gasteiger partial charge in [-0.2, -0.15) is 0 Å². The predicted molar refractivity (Wildman–Crippen MR) is 66.3 cm³/mol. The molecule has 0 bridgehead atoms. The molecule has 0 radical (unpaired) electrons. The van der Waals surface area contributed by atoms with Crippen LogP contribution in [0.1, 0.15) is 24.2 Å². The van der Waals surface area contributed by atoms with Gasteiger partial charge in [0, 0.05) is 12.1 Å². The number of aromatic nitrogens is 1. The van der Waals surface area contributed by atoms with Crippen LogP contribution in [-0.2, 0) is 10.0 Å². The van der Waals surface area contributed by atoms with Gasteiger partial charge in [0.2, 0.25) is 10.0 Å². The minimum Gasteiger partial charge on any atom is -0.364 e. The lowest BCUT2D eigenvalue weighted by Crippen LogP contribution is -2.28. The largest absolute Gasteiger partial charge is 0.364 e. The van der Waals surface area contributed by atoms with Crippen molar-refractivity contribution in [3.63, 3.8) is 0 Å². The lowest BCUT2D eigenvalue weighted by atomic mass is 10.2. The van der Waals surface area contributed by atoms with Crippen molar-refractivity contribution in [2.75, 3.05) is 0 Å². The van der Waals surface area contributed by atoms with Gasteiger partial charge in [-0.1, -0.05) is 5.16 Å². The van der Waals surface area contributed by atoms with Gasteiger partial charge in [0.15, 0.2) is 0 Å². The fourth-order valence-corrected chi connectivity index (χ4v) is 3.00. The van der Waals surface area contributed by atoms with E-state index in [4.69, 9.17) is 0 Å². The molecule has 2 rings (SSSR count). The van der Waals surface area contributed by atoms with Crippen molar-refractivity contribution in [3.05, 3.63) is 47.4 Å². The first kappa shape index (κ1) is 14.6. The highest BCUT2D eigenvalue weighted by atomic mass is 32.2. The second-order valence-electron chi connectivity index (χ2n) is 4.30. The summed E-state index contributed by atoms with van der Waals surface area (Å²) >= 11 is 0. The SMILES string of the molecule is Cc1cc(S(=O)(=O)N[C@H](C)c2ccon2)c(F)cc1F. The molecule has 8 heteroatoms. The van der Waals surface area contributed by atoms with Crippen LogP contribution in [-0.4, -0.2) is 13.6 Å². The van der Waals surface area contributed by atoms with Crippen LogP contribution < -0.4 is 4.72 Å². The number of rotatable bonds is 4. The maximum Gasteiger partial charge on any atom is 0.244 e. The van der Waals surface area contributed by atoms with Crippen molar-refractivity contribution < 1.29 is 21.7 Å². The number of nitrogens with zero attached hydrogens (tertiary/aromatic N) is 1. The van der Waals surface area contributed by atoms with Gasteiger partial charge in [0.05, 0.1) is 6.04 Å². The fourth-order valence-electron chi connectivity index (χ4n) is 1.64. The average Bonchev–Trinajstić information content (AvgIpc) is 2.86. The molecule has 108 valence electrons. The molecule has 0 unspecified atom stereocenters. The summed E-state index contributed by atoms with van der Waals surface area (Å²) in [6.45, 7) is 2.89. The number of nitrogens with one attached hydrogen (secondary N) is 1. The molecule has 0 aliphatic heterocycles. The molecule has 1 N–H and O–H groups in total. The van der Waals surface area contributed by atoms with Crippen LogP contribution in [0, 0.1) is 18.6 Å². The second-order valence-corrected chi connectivity index (χ2v) is 5.98. The molecule has 20 heavy (non-hydrogen) atoms. The van der Waals surface area contributed by atoms with Crippen LogP contribution in [0.5, 0.6) is 0 Å². The van der Waals surface area contributed by atoms with E-state index < -0.39 is 32.6 Å². The number of benzene rings is 1. The Morgan fingerprint density at radius 3 is 2.60 bits per heavy atom. The summed E-state index contributed by atoms with van der Waals surface area (Å²) in [4.78, 5) is -0.605. The van der Waals surface area contributed by atoms with Crippen molar-refractivity contribution in [2.45, 2.75) is 24.8 Å². The zero-order chi connectivity index (χ0) is 14.9. The Morgan fingerprint density at radius 2 is 2.00 bits per heavy atom. The summed E-state index contributed by atoms with van der Waals surface area (Å²) in [6, 6.07) is 2.27. The zero-order valence-corrected chi connectivity index (χ0v) is 11.5. The summed E-state index contributed by atoms with van der Waals surface area (Å²) in [7, 11) is -4.13. The van der Waals surface area contributed by atoms with Crippen LogP contribution in [0.25, 0.3) is 0 Å². The summed E-state index contributed by atoms with van der Waals surface area (Å²) in [5.74, 6) is -1.95. The van der Waals surface area contributed by atoms with Crippen LogP contribution in [0.4, 0.5) is 8.78 Å². The molecular weight excluding hydrogens is 290 g/mol. The molecule has 0 saturated heterocycles. The smallest absolute Gasteiger partial charge is 0.244 e. The van der Waals surface area contributed by atoms with E-state index in [1.54, 1.807) is 0 Å². The summed E-state index contributed by atoms with van der Waals surface area (Å²) in [6.07, 6.45) is 1.29. The highest BCUT2D eigenvalue weighted by molar-refractivity contribution is 7.89. The Hall–Kier alpha value is -1.80. The topological polar surface area (TPSA) is 72.2 Å². The lowest BCUT2D eigenvalue weighted by Gasteiger charge is -2.13. The first-order valence-electron chi connectivity index (χ1n) is 5.69. The van der Waals surface area contributed by atoms with Crippen LogP contribution in [0.15, 0.2) is 33.9 Å². The third-order valence-electron chi connectivity index (χ3n) is 2.74. The minimum atomic E-state index is -4.13. The molecule has 0 saturated carbocycles. The first-order valence-corrected chi connectivity index (χ1v) is 7.18. The van der Waals surface area contributed by atoms with Crippen LogP contribution >= 0.6 is 0 Å². The van der Waals surface area contributed by atoms with E-state index in [-0.39, 0.29) is 5.56 Å². The molecular formula is C12H12F2N2O3S. The zero-order valence-electron chi connectivity index (χ0n) is 10.7. The number of halogens is 2. The summed E-state index contributed by atoms with van der Waals surface area (Å²) in [5.41, 5.74) is 0.397. The highest BCUT2D eigenvalue weighted by Gasteiger charge is 2.24. The molecule has 0 amide bonds. The predicted octanol–water partition coefficient (Wildman–Crippen LogP) is 2.30. The van der Waals surface area contributed by atoms with Gasteiger partial charge in [0.25, 0.3) is 0 Å². The number of hydrogen-bond donors (Lipinski definition) is 1. The lowest BCUT2D eigenvalue weighted by molar-refractivity contribution is 0.404. The van der Waals surface area contributed by atoms with E-state index in [9.17, 15) is 17.2 Å². The summed E-state index contributed by atoms with van der Waals surface area (Å²) < 4.78 is 57.8. The molecule has 0 fully saturated rings. The van der Waals surface area contributed by atoms with E-state index in [1.165, 1.54) is 26.2 Å². The molecule has 0 spiro atoms. The van der Waals surface area contributed by atoms with Gasteiger partial charge in [-0.3, -0.25) is 0 Å². The minimum absolute atomic E-state index is 0.0425. The van der Waals surface area contributed by atoms with Gasteiger partial charge in [-0.05, 0) is 25.5 Å². The Labute approximate surface area is 114 Å². The van der Waals surface area contributed by atoms with Crippen molar-refractivity contribution in [1.29, 1.82) is 0 Å². The van der Waals surface area contributed by atoms with Crippen LogP contribution in [0.2, 0.25) is 0 Å². The van der Waals surface area contributed by atoms with Gasteiger partial charge in [-0.15, -0.1) is 0 Å². The molecule has 5 nitrogen and oxygen atoms in total. The number of sulfonamides is 1. The standard InChI is InChI=1S/C12H12F2N2O3S/c1-7-5-12(10(14)6-9(7)13)20(17,18)16-8(2)11-3-4-19-15-11/h3-6,8,16H,1-2H3/t8-/m1/s1. The van der Waals surface area contributed by atoms with E-state index in [1.807, 2.05) is 0 Å². The van der Waals surface area contributed by atoms with E-state index in [2.05, 4.69) is 14.4 Å². The van der Waals surface area contributed by atoms with Crippen molar-refractivity contribution >= 4 is 10.0 Å². The molecule has 1 heterocycles. The van der Waals surface area contributed by atoms with Crippen LogP contribution in [0.3, 0.4) is 0 Å². The Kier molecular flexibility index (Phi) is 3.87. The molecule has 2 aromatic rings. The fraction of sp³-hybridized carbons (Fsp3) is 0.250. The Morgan fingerprint density at radius 1 is 1.30 bits per heavy atom. The Bertz CT molecular complexity index is 715. The third-order valence-corrected chi connectivity index (χ3v) is 4.29. The van der Waals surface area contributed by atoms with Gasteiger partial charge in [-0.25, -0.2) is 21.9 Å². The quantitative estimate of drug-likeness (QED) is 0.940. The third kappa shape index (κ3) is 2.86. The molecule has 1 atom stereocenters. The van der Waals surface area contributed by atoms with E-state index >= 15 is 0 Å². The van der Waals surface area contributed by atoms with Crippen molar-refractivity contribution in [2.24, 2.45) is 0 Å². The molecule has 1 aromatic carbocycles. The first-order chi connectivity index (χ1) is 9.31. The Balaban J connectivity index is 2.34. The van der Waals surface area contributed by atoms with E-state index in [0.29, 0.717) is 11.8 Å². The molecule has 0 aliphatic carbocycles. The average molecular weight is 302 g/mol. The second kappa shape index (κ2) is 5.29. The summed E-state index contributed by atoms with van der Waals surface area (Å²) in [5, 5.41) is 3.59.